The van der Waals surface area contributed by atoms with Crippen LogP contribution < -0.4 is 15.6 Å². The van der Waals surface area contributed by atoms with E-state index in [1.54, 1.807) is 24.1 Å². The molecule has 1 atom stereocenters. The summed E-state index contributed by atoms with van der Waals surface area (Å²) in [5.41, 5.74) is 1.71. The molecule has 0 radical (unpaired) electrons. The normalized spacial score (nSPS) is 11.8. The van der Waals surface area contributed by atoms with E-state index in [0.717, 1.165) is 0 Å². The Balaban J connectivity index is 1.83. The number of hydrogen-bond acceptors (Lipinski definition) is 4. The van der Waals surface area contributed by atoms with Crippen LogP contribution in [0.3, 0.4) is 0 Å². The Morgan fingerprint density at radius 3 is 2.60 bits per heavy atom. The largest absolute Gasteiger partial charge is 0.495 e. The highest BCUT2D eigenvalue weighted by Gasteiger charge is 2.11. The molecule has 1 heterocycles. The Bertz CT molecular complexity index is 891. The molecular formula is C20H21N3O2. The molecule has 0 unspecified atom stereocenters. The lowest BCUT2D eigenvalue weighted by atomic mass is 10.0. The second-order valence-electron chi connectivity index (χ2n) is 5.82. The predicted molar refractivity (Wildman–Crippen MR) is 99.7 cm³/mol. The molecule has 1 N–H and O–H groups in total. The molecule has 2 aromatic carbocycles. The Morgan fingerprint density at radius 1 is 1.12 bits per heavy atom. The number of rotatable bonds is 6. The van der Waals surface area contributed by atoms with Crippen molar-refractivity contribution in [3.8, 4) is 11.4 Å². The van der Waals surface area contributed by atoms with Crippen molar-refractivity contribution in [1.29, 1.82) is 0 Å². The van der Waals surface area contributed by atoms with Crippen LogP contribution in [-0.2, 0) is 0 Å². The van der Waals surface area contributed by atoms with E-state index in [-0.39, 0.29) is 11.5 Å². The van der Waals surface area contributed by atoms with Gasteiger partial charge in [-0.3, -0.25) is 9.36 Å². The van der Waals surface area contributed by atoms with Crippen LogP contribution >= 0.6 is 0 Å². The number of methoxy groups -OCH3 is 1. The van der Waals surface area contributed by atoms with Crippen LogP contribution in [0.5, 0.6) is 5.75 Å². The topological polar surface area (TPSA) is 56.1 Å². The Hall–Kier alpha value is -3.08. The highest BCUT2D eigenvalue weighted by molar-refractivity contribution is 5.48. The first-order chi connectivity index (χ1) is 12.2. The molecule has 0 saturated carbocycles. The molecule has 0 saturated heterocycles. The van der Waals surface area contributed by atoms with E-state index < -0.39 is 0 Å². The van der Waals surface area contributed by atoms with Crippen LogP contribution in [0.15, 0.2) is 71.8 Å². The van der Waals surface area contributed by atoms with Crippen molar-refractivity contribution in [3.63, 3.8) is 0 Å². The van der Waals surface area contributed by atoms with Crippen molar-refractivity contribution < 1.29 is 4.74 Å². The molecule has 25 heavy (non-hydrogen) atoms. The molecule has 0 spiro atoms. The van der Waals surface area contributed by atoms with E-state index in [2.05, 4.69) is 29.4 Å². The summed E-state index contributed by atoms with van der Waals surface area (Å²) in [6.45, 7) is 2.74. The third-order valence-electron chi connectivity index (χ3n) is 4.13. The molecule has 3 rings (SSSR count). The summed E-state index contributed by atoms with van der Waals surface area (Å²) in [7, 11) is 1.59. The molecular weight excluding hydrogens is 314 g/mol. The van der Waals surface area contributed by atoms with E-state index in [1.165, 1.54) is 5.56 Å². The van der Waals surface area contributed by atoms with Crippen molar-refractivity contribution in [2.45, 2.75) is 12.8 Å². The number of nitrogens with zero attached hydrogens (tertiary/aromatic N) is 2. The maximum absolute atomic E-state index is 12.8. The van der Waals surface area contributed by atoms with Crippen molar-refractivity contribution in [1.82, 2.24) is 9.55 Å². The Morgan fingerprint density at radius 2 is 1.84 bits per heavy atom. The van der Waals surface area contributed by atoms with Crippen LogP contribution in [0.1, 0.15) is 18.4 Å². The zero-order valence-corrected chi connectivity index (χ0v) is 14.3. The molecule has 0 fully saturated rings. The molecule has 0 aliphatic rings. The summed E-state index contributed by atoms with van der Waals surface area (Å²) in [5.74, 6) is 1.23. The molecule has 3 aromatic rings. The van der Waals surface area contributed by atoms with Gasteiger partial charge in [0.1, 0.15) is 5.75 Å². The lowest BCUT2D eigenvalue weighted by molar-refractivity contribution is 0.412. The standard InChI is InChI=1S/C20H21N3O2/c1-15(16-8-4-3-5-9-16)14-22-19-20(24)23(13-12-21-19)17-10-6-7-11-18(17)25-2/h3-13,15H,14H2,1-2H3,(H,21,22)/t15-/m1/s1. The number of benzene rings is 2. The molecule has 5 heteroatoms. The number of hydrogen-bond donors (Lipinski definition) is 1. The van der Waals surface area contributed by atoms with E-state index in [0.29, 0.717) is 23.8 Å². The molecule has 0 amide bonds. The quantitative estimate of drug-likeness (QED) is 0.749. The van der Waals surface area contributed by atoms with Crippen LogP contribution in [-0.4, -0.2) is 23.2 Å². The van der Waals surface area contributed by atoms with Crippen LogP contribution in [0, 0.1) is 0 Å². The summed E-state index contributed by atoms with van der Waals surface area (Å²) in [6, 6.07) is 17.6. The SMILES string of the molecule is COc1ccccc1-n1ccnc(NC[C@@H](C)c2ccccc2)c1=O. The second-order valence-corrected chi connectivity index (χ2v) is 5.82. The first-order valence-electron chi connectivity index (χ1n) is 8.20. The highest BCUT2D eigenvalue weighted by Crippen LogP contribution is 2.20. The summed E-state index contributed by atoms with van der Waals surface area (Å²) >= 11 is 0. The van der Waals surface area contributed by atoms with Crippen molar-refractivity contribution in [2.24, 2.45) is 0 Å². The molecule has 0 bridgehead atoms. The first kappa shape index (κ1) is 16.8. The summed E-state index contributed by atoms with van der Waals surface area (Å²) in [6.07, 6.45) is 3.26. The maximum Gasteiger partial charge on any atom is 0.297 e. The van der Waals surface area contributed by atoms with Crippen molar-refractivity contribution in [3.05, 3.63) is 82.9 Å². The zero-order valence-electron chi connectivity index (χ0n) is 14.3. The highest BCUT2D eigenvalue weighted by atomic mass is 16.5. The fourth-order valence-corrected chi connectivity index (χ4v) is 2.70. The molecule has 128 valence electrons. The molecule has 0 aliphatic carbocycles. The van der Waals surface area contributed by atoms with Gasteiger partial charge in [0, 0.05) is 18.9 Å². The van der Waals surface area contributed by atoms with Gasteiger partial charge in [-0.25, -0.2) is 4.98 Å². The van der Waals surface area contributed by atoms with Gasteiger partial charge < -0.3 is 10.1 Å². The number of aromatic nitrogens is 2. The van der Waals surface area contributed by atoms with E-state index in [4.69, 9.17) is 4.74 Å². The minimum absolute atomic E-state index is 0.202. The lowest BCUT2D eigenvalue weighted by Gasteiger charge is -2.15. The first-order valence-corrected chi connectivity index (χ1v) is 8.20. The average molecular weight is 335 g/mol. The molecule has 5 nitrogen and oxygen atoms in total. The van der Waals surface area contributed by atoms with Crippen molar-refractivity contribution >= 4 is 5.82 Å². The number of para-hydroxylation sites is 2. The summed E-state index contributed by atoms with van der Waals surface area (Å²) in [5, 5.41) is 3.17. The minimum atomic E-state index is -0.202. The third-order valence-corrected chi connectivity index (χ3v) is 4.13. The van der Waals surface area contributed by atoms with Crippen LogP contribution in [0.25, 0.3) is 5.69 Å². The zero-order chi connectivity index (χ0) is 17.6. The van der Waals surface area contributed by atoms with Gasteiger partial charge in [-0.15, -0.1) is 0 Å². The van der Waals surface area contributed by atoms with E-state index in [1.807, 2.05) is 42.5 Å². The predicted octanol–water partition coefficient (Wildman–Crippen LogP) is 3.46. The third kappa shape index (κ3) is 3.71. The van der Waals surface area contributed by atoms with Gasteiger partial charge in [-0.05, 0) is 23.6 Å². The minimum Gasteiger partial charge on any atom is -0.495 e. The monoisotopic (exact) mass is 335 g/mol. The average Bonchev–Trinajstić information content (AvgIpc) is 2.67. The smallest absolute Gasteiger partial charge is 0.297 e. The second kappa shape index (κ2) is 7.66. The van der Waals surface area contributed by atoms with Gasteiger partial charge in [0.15, 0.2) is 5.82 Å². The van der Waals surface area contributed by atoms with Gasteiger partial charge in [-0.2, -0.15) is 0 Å². The fourth-order valence-electron chi connectivity index (χ4n) is 2.70. The van der Waals surface area contributed by atoms with Gasteiger partial charge in [0.2, 0.25) is 0 Å². The Kier molecular flexibility index (Phi) is 5.14. The Labute approximate surface area is 146 Å². The maximum atomic E-state index is 12.8. The summed E-state index contributed by atoms with van der Waals surface area (Å²) in [4.78, 5) is 17.0. The van der Waals surface area contributed by atoms with Crippen molar-refractivity contribution in [2.75, 3.05) is 19.0 Å². The van der Waals surface area contributed by atoms with Gasteiger partial charge in [0.05, 0.1) is 12.8 Å². The van der Waals surface area contributed by atoms with E-state index in [9.17, 15) is 4.79 Å². The number of anilines is 1. The van der Waals surface area contributed by atoms with Gasteiger partial charge in [0.25, 0.3) is 5.56 Å². The number of nitrogens with one attached hydrogen (secondary N) is 1. The molecule has 1 aromatic heterocycles. The van der Waals surface area contributed by atoms with Gasteiger partial charge in [-0.1, -0.05) is 49.4 Å². The fraction of sp³-hybridized carbons (Fsp3) is 0.200. The molecule has 0 aliphatic heterocycles. The van der Waals surface area contributed by atoms with E-state index >= 15 is 0 Å². The lowest BCUT2D eigenvalue weighted by Crippen LogP contribution is -2.25. The number of ether oxygens (including phenoxy) is 1. The summed E-state index contributed by atoms with van der Waals surface area (Å²) < 4.78 is 6.89. The van der Waals surface area contributed by atoms with Gasteiger partial charge >= 0.3 is 0 Å². The van der Waals surface area contributed by atoms with Crippen LogP contribution in [0.2, 0.25) is 0 Å². The van der Waals surface area contributed by atoms with Crippen LogP contribution in [0.4, 0.5) is 5.82 Å².